The normalized spacial score (nSPS) is 30.1. The number of aromatic nitrogens is 1. The second-order valence-electron chi connectivity index (χ2n) is 9.88. The summed E-state index contributed by atoms with van der Waals surface area (Å²) in [5, 5.41) is 12.0. The van der Waals surface area contributed by atoms with Crippen LogP contribution in [0.3, 0.4) is 0 Å². The average molecular weight is 419 g/mol. The zero-order valence-electron chi connectivity index (χ0n) is 17.4. The molecular formula is C26H27FN2O2. The van der Waals surface area contributed by atoms with Gasteiger partial charge in [-0.15, -0.1) is 0 Å². The standard InChI is InChI=1S/C26H27FN2O2/c27-18-7-5-17(6-8-18)22(23-15-28-24-4-2-1-3-21(23)24)11-25(30)29-19-9-16-10-20(29)14-26(31,12-16)13-19/h1-8,15-16,19-20,22,28,31H,9-14H2. The predicted octanol–water partition coefficient (Wildman–Crippen LogP) is 4.73. The molecule has 31 heavy (non-hydrogen) atoms. The third-order valence-electron chi connectivity index (χ3n) is 7.83. The number of fused-ring (bicyclic) bond motifs is 1. The number of piperidine rings is 2. The number of carbonyl (C=O) groups excluding carboxylic acids is 1. The molecule has 2 N–H and O–H groups in total. The van der Waals surface area contributed by atoms with Crippen LogP contribution in [0.15, 0.2) is 54.7 Å². The van der Waals surface area contributed by atoms with Crippen LogP contribution in [0.25, 0.3) is 10.9 Å². The van der Waals surface area contributed by atoms with Crippen LogP contribution < -0.4 is 0 Å². The Morgan fingerprint density at radius 1 is 1.10 bits per heavy atom. The lowest BCUT2D eigenvalue weighted by Crippen LogP contribution is -2.65. The summed E-state index contributed by atoms with van der Waals surface area (Å²) >= 11 is 0. The molecule has 2 aromatic carbocycles. The Morgan fingerprint density at radius 3 is 2.52 bits per heavy atom. The summed E-state index contributed by atoms with van der Waals surface area (Å²) in [6.07, 6.45) is 6.68. The van der Waals surface area contributed by atoms with E-state index >= 15 is 0 Å². The number of nitrogens with zero attached hydrogens (tertiary/aromatic N) is 1. The number of hydrogen-bond acceptors (Lipinski definition) is 2. The van der Waals surface area contributed by atoms with Gasteiger partial charge in [-0.2, -0.15) is 0 Å². The van der Waals surface area contributed by atoms with Gasteiger partial charge in [-0.3, -0.25) is 4.79 Å². The van der Waals surface area contributed by atoms with Gasteiger partial charge in [0.25, 0.3) is 0 Å². The molecule has 3 unspecified atom stereocenters. The van der Waals surface area contributed by atoms with Crippen molar-refractivity contribution in [2.45, 2.75) is 62.1 Å². The summed E-state index contributed by atoms with van der Waals surface area (Å²) in [7, 11) is 0. The van der Waals surface area contributed by atoms with E-state index in [1.807, 2.05) is 24.4 Å². The van der Waals surface area contributed by atoms with Crippen molar-refractivity contribution >= 4 is 16.8 Å². The van der Waals surface area contributed by atoms with Gasteiger partial charge >= 0.3 is 0 Å². The number of nitrogens with one attached hydrogen (secondary N) is 1. The molecule has 2 aliphatic heterocycles. The maximum Gasteiger partial charge on any atom is 0.224 e. The number of aliphatic hydroxyl groups is 1. The number of H-pyrrole nitrogens is 1. The van der Waals surface area contributed by atoms with Gasteiger partial charge in [0.2, 0.25) is 5.91 Å². The highest BCUT2D eigenvalue weighted by atomic mass is 19.1. The molecular weight excluding hydrogens is 391 g/mol. The van der Waals surface area contributed by atoms with Crippen molar-refractivity contribution in [1.82, 2.24) is 9.88 Å². The van der Waals surface area contributed by atoms with Gasteiger partial charge in [0.05, 0.1) is 5.60 Å². The molecule has 7 rings (SSSR count). The first kappa shape index (κ1) is 19.1. The first-order valence-electron chi connectivity index (χ1n) is 11.3. The van der Waals surface area contributed by atoms with Crippen molar-refractivity contribution in [3.05, 3.63) is 71.7 Å². The molecule has 5 heteroatoms. The lowest BCUT2D eigenvalue weighted by molar-refractivity contribution is -0.174. The Balaban J connectivity index is 1.35. The van der Waals surface area contributed by atoms with Gasteiger partial charge in [-0.05, 0) is 67.3 Å². The fourth-order valence-corrected chi connectivity index (χ4v) is 6.76. The Morgan fingerprint density at radius 2 is 1.81 bits per heavy atom. The smallest absolute Gasteiger partial charge is 0.224 e. The fraction of sp³-hybridized carbons (Fsp3) is 0.423. The maximum atomic E-state index is 13.7. The minimum absolute atomic E-state index is 0.149. The zero-order valence-corrected chi connectivity index (χ0v) is 17.4. The number of benzene rings is 2. The summed E-state index contributed by atoms with van der Waals surface area (Å²) in [5.41, 5.74) is 2.48. The van der Waals surface area contributed by atoms with E-state index < -0.39 is 5.60 Å². The number of carbonyl (C=O) groups is 1. The molecule has 1 aromatic heterocycles. The van der Waals surface area contributed by atoms with Crippen LogP contribution in [-0.4, -0.2) is 38.6 Å². The van der Waals surface area contributed by atoms with Crippen molar-refractivity contribution < 1.29 is 14.3 Å². The minimum Gasteiger partial charge on any atom is -0.390 e. The first-order valence-corrected chi connectivity index (χ1v) is 11.3. The van der Waals surface area contributed by atoms with Gasteiger partial charge in [0, 0.05) is 41.5 Å². The Kier molecular flexibility index (Phi) is 4.26. The Labute approximate surface area is 181 Å². The zero-order chi connectivity index (χ0) is 21.2. The molecule has 4 aliphatic rings. The van der Waals surface area contributed by atoms with Crippen molar-refractivity contribution in [2.24, 2.45) is 5.92 Å². The van der Waals surface area contributed by atoms with E-state index in [1.165, 1.54) is 12.1 Å². The molecule has 4 bridgehead atoms. The van der Waals surface area contributed by atoms with Gasteiger partial charge in [0.1, 0.15) is 5.82 Å². The van der Waals surface area contributed by atoms with E-state index in [4.69, 9.17) is 0 Å². The number of para-hydroxylation sites is 1. The maximum absolute atomic E-state index is 13.7. The fourth-order valence-electron chi connectivity index (χ4n) is 6.76. The van der Waals surface area contributed by atoms with E-state index in [0.717, 1.165) is 41.3 Å². The summed E-state index contributed by atoms with van der Waals surface area (Å²) in [6, 6.07) is 14.9. The highest BCUT2D eigenvalue weighted by Gasteiger charge is 2.55. The monoisotopic (exact) mass is 418 g/mol. The summed E-state index contributed by atoms with van der Waals surface area (Å²) in [4.78, 5) is 19.1. The van der Waals surface area contributed by atoms with Crippen molar-refractivity contribution in [1.29, 1.82) is 0 Å². The summed E-state index contributed by atoms with van der Waals surface area (Å²) in [6.45, 7) is 0. The Hall–Kier alpha value is -2.66. The molecule has 4 nitrogen and oxygen atoms in total. The highest BCUT2D eigenvalue weighted by molar-refractivity contribution is 5.86. The molecule has 2 saturated carbocycles. The molecule has 2 saturated heterocycles. The van der Waals surface area contributed by atoms with E-state index in [1.54, 1.807) is 12.1 Å². The number of amides is 1. The van der Waals surface area contributed by atoms with Gasteiger partial charge in [-0.25, -0.2) is 4.39 Å². The molecule has 1 amide bonds. The first-order chi connectivity index (χ1) is 15.0. The van der Waals surface area contributed by atoms with Gasteiger partial charge in [-0.1, -0.05) is 30.3 Å². The predicted molar refractivity (Wildman–Crippen MR) is 117 cm³/mol. The minimum atomic E-state index is -0.569. The third-order valence-corrected chi connectivity index (χ3v) is 7.83. The molecule has 0 spiro atoms. The Bertz CT molecular complexity index is 1120. The van der Waals surface area contributed by atoms with Crippen LogP contribution in [0.5, 0.6) is 0 Å². The average Bonchev–Trinajstić information content (AvgIpc) is 3.15. The highest BCUT2D eigenvalue weighted by Crippen LogP contribution is 2.51. The van der Waals surface area contributed by atoms with E-state index in [0.29, 0.717) is 25.2 Å². The van der Waals surface area contributed by atoms with Crippen LogP contribution in [0.1, 0.15) is 55.6 Å². The summed E-state index contributed by atoms with van der Waals surface area (Å²) in [5.74, 6) is 0.278. The number of aromatic amines is 1. The molecule has 160 valence electrons. The van der Waals surface area contributed by atoms with Crippen LogP contribution in [-0.2, 0) is 4.79 Å². The number of halogens is 1. The topological polar surface area (TPSA) is 56.3 Å². The van der Waals surface area contributed by atoms with Crippen LogP contribution in [0, 0.1) is 11.7 Å². The molecule has 2 aliphatic carbocycles. The SMILES string of the molecule is O=C(CC(c1ccc(F)cc1)c1c[nH]c2ccccc12)N1C2CC3CC1CC(O)(C3)C2. The van der Waals surface area contributed by atoms with Crippen molar-refractivity contribution in [3.8, 4) is 0 Å². The van der Waals surface area contributed by atoms with Crippen LogP contribution >= 0.6 is 0 Å². The second kappa shape index (κ2) is 6.92. The van der Waals surface area contributed by atoms with Gasteiger partial charge < -0.3 is 15.0 Å². The molecule has 3 aromatic rings. The molecule has 3 heterocycles. The molecule has 4 fully saturated rings. The molecule has 3 atom stereocenters. The second-order valence-corrected chi connectivity index (χ2v) is 9.88. The van der Waals surface area contributed by atoms with Crippen molar-refractivity contribution in [2.75, 3.05) is 0 Å². The lowest BCUT2D eigenvalue weighted by atomic mass is 9.61. The van der Waals surface area contributed by atoms with E-state index in [2.05, 4.69) is 16.0 Å². The third kappa shape index (κ3) is 3.18. The van der Waals surface area contributed by atoms with E-state index in [-0.39, 0.29) is 29.7 Å². The van der Waals surface area contributed by atoms with Crippen LogP contribution in [0.2, 0.25) is 0 Å². The van der Waals surface area contributed by atoms with Gasteiger partial charge in [0.15, 0.2) is 0 Å². The number of rotatable bonds is 4. The quantitative estimate of drug-likeness (QED) is 0.643. The number of hydrogen-bond donors (Lipinski definition) is 2. The van der Waals surface area contributed by atoms with E-state index in [9.17, 15) is 14.3 Å². The lowest BCUT2D eigenvalue weighted by Gasteiger charge is -2.59. The summed E-state index contributed by atoms with van der Waals surface area (Å²) < 4.78 is 13.6. The molecule has 0 radical (unpaired) electrons. The van der Waals surface area contributed by atoms with Crippen molar-refractivity contribution in [3.63, 3.8) is 0 Å². The van der Waals surface area contributed by atoms with Crippen LogP contribution in [0.4, 0.5) is 4.39 Å². The largest absolute Gasteiger partial charge is 0.390 e.